The topological polar surface area (TPSA) is 96.9 Å². The van der Waals surface area contributed by atoms with Crippen molar-refractivity contribution < 1.29 is 19.1 Å². The van der Waals surface area contributed by atoms with E-state index in [2.05, 4.69) is 15.8 Å². The van der Waals surface area contributed by atoms with Gasteiger partial charge in [0.15, 0.2) is 0 Å². The van der Waals surface area contributed by atoms with Gasteiger partial charge in [-0.1, -0.05) is 0 Å². The van der Waals surface area contributed by atoms with Gasteiger partial charge in [-0.3, -0.25) is 14.4 Å². The van der Waals surface area contributed by atoms with Crippen molar-refractivity contribution in [2.45, 2.75) is 27.7 Å². The van der Waals surface area contributed by atoms with E-state index in [9.17, 15) is 14.4 Å². The van der Waals surface area contributed by atoms with Crippen molar-refractivity contribution in [1.29, 1.82) is 0 Å². The molecule has 0 spiro atoms. The first-order chi connectivity index (χ1) is 10.8. The number of anilines is 1. The minimum atomic E-state index is -0.530. The van der Waals surface area contributed by atoms with Gasteiger partial charge in [0.05, 0.1) is 12.5 Å². The molecular weight excluding hydrogens is 298 g/mol. The Morgan fingerprint density at radius 1 is 1.17 bits per heavy atom. The lowest BCUT2D eigenvalue weighted by molar-refractivity contribution is -0.145. The third-order valence-corrected chi connectivity index (χ3v) is 3.07. The van der Waals surface area contributed by atoms with Crippen molar-refractivity contribution in [3.05, 3.63) is 29.8 Å². The summed E-state index contributed by atoms with van der Waals surface area (Å²) in [6, 6.07) is 6.38. The number of esters is 1. The van der Waals surface area contributed by atoms with Crippen molar-refractivity contribution >= 4 is 29.2 Å². The molecule has 0 unspecified atom stereocenters. The fourth-order valence-electron chi connectivity index (χ4n) is 1.65. The number of rotatable bonds is 6. The summed E-state index contributed by atoms with van der Waals surface area (Å²) in [7, 11) is 0. The molecule has 0 aliphatic rings. The molecule has 1 aromatic rings. The molecule has 0 radical (unpaired) electrons. The SMILES string of the molecule is CCOC(=O)[C@H](C)C(C)=NNC(=O)c1ccc(NC(C)=O)cc1. The van der Waals surface area contributed by atoms with Crippen molar-refractivity contribution in [3.63, 3.8) is 0 Å². The molecule has 0 bridgehead atoms. The number of benzene rings is 1. The number of hydrogen-bond acceptors (Lipinski definition) is 5. The second-order valence-corrected chi connectivity index (χ2v) is 4.93. The summed E-state index contributed by atoms with van der Waals surface area (Å²) in [6.07, 6.45) is 0. The summed E-state index contributed by atoms with van der Waals surface area (Å²) in [5.74, 6) is -1.51. The van der Waals surface area contributed by atoms with Gasteiger partial charge in [-0.25, -0.2) is 5.43 Å². The molecule has 0 aromatic heterocycles. The zero-order chi connectivity index (χ0) is 17.4. The number of hydrazone groups is 1. The highest BCUT2D eigenvalue weighted by molar-refractivity contribution is 6.02. The molecule has 7 heteroatoms. The standard InChI is InChI=1S/C16H21N3O4/c1-5-23-16(22)10(2)11(3)18-19-15(21)13-6-8-14(9-7-13)17-12(4)20/h6-10H,5H2,1-4H3,(H,17,20)(H,19,21)/t10-/m1/s1. The van der Waals surface area contributed by atoms with Crippen LogP contribution in [-0.2, 0) is 14.3 Å². The van der Waals surface area contributed by atoms with E-state index >= 15 is 0 Å². The zero-order valence-corrected chi connectivity index (χ0v) is 13.7. The molecule has 0 aliphatic carbocycles. The van der Waals surface area contributed by atoms with E-state index in [1.54, 1.807) is 45.0 Å². The van der Waals surface area contributed by atoms with Crippen LogP contribution >= 0.6 is 0 Å². The largest absolute Gasteiger partial charge is 0.465 e. The average Bonchev–Trinajstić information content (AvgIpc) is 2.51. The fourth-order valence-corrected chi connectivity index (χ4v) is 1.65. The van der Waals surface area contributed by atoms with Crippen LogP contribution in [0.1, 0.15) is 38.1 Å². The van der Waals surface area contributed by atoms with E-state index in [0.717, 1.165) is 0 Å². The summed E-state index contributed by atoms with van der Waals surface area (Å²) in [5, 5.41) is 6.53. The Bertz CT molecular complexity index is 608. The number of amides is 2. The van der Waals surface area contributed by atoms with Gasteiger partial charge in [-0.05, 0) is 45.0 Å². The van der Waals surface area contributed by atoms with Crippen LogP contribution in [0.15, 0.2) is 29.4 Å². The van der Waals surface area contributed by atoms with E-state index in [4.69, 9.17) is 4.74 Å². The maximum atomic E-state index is 12.0. The number of hydrogen-bond donors (Lipinski definition) is 2. The Morgan fingerprint density at radius 2 is 1.78 bits per heavy atom. The lowest BCUT2D eigenvalue weighted by atomic mass is 10.1. The van der Waals surface area contributed by atoms with Gasteiger partial charge in [0.2, 0.25) is 5.91 Å². The first-order valence-electron chi connectivity index (χ1n) is 7.24. The minimum absolute atomic E-state index is 0.185. The van der Waals surface area contributed by atoms with Crippen LogP contribution in [-0.4, -0.2) is 30.1 Å². The van der Waals surface area contributed by atoms with Crippen LogP contribution in [0.25, 0.3) is 0 Å². The number of carbonyl (C=O) groups is 3. The Kier molecular flexibility index (Phi) is 6.92. The molecular formula is C16H21N3O4. The molecule has 0 saturated carbocycles. The maximum Gasteiger partial charge on any atom is 0.314 e. The first kappa shape index (κ1) is 18.3. The lowest BCUT2D eigenvalue weighted by Gasteiger charge is -2.10. The second kappa shape index (κ2) is 8.67. The van der Waals surface area contributed by atoms with Gasteiger partial charge in [-0.2, -0.15) is 5.10 Å². The molecule has 0 heterocycles. The number of ether oxygens (including phenoxy) is 1. The van der Waals surface area contributed by atoms with Gasteiger partial charge in [-0.15, -0.1) is 0 Å². The summed E-state index contributed by atoms with van der Waals surface area (Å²) in [6.45, 7) is 6.72. The van der Waals surface area contributed by atoms with Crippen molar-refractivity contribution in [1.82, 2.24) is 5.43 Å². The quantitative estimate of drug-likeness (QED) is 0.476. The summed E-state index contributed by atoms with van der Waals surface area (Å²) >= 11 is 0. The number of nitrogens with one attached hydrogen (secondary N) is 2. The van der Waals surface area contributed by atoms with Crippen molar-refractivity contribution in [2.24, 2.45) is 11.0 Å². The Hall–Kier alpha value is -2.70. The van der Waals surface area contributed by atoms with E-state index in [1.807, 2.05) is 0 Å². The van der Waals surface area contributed by atoms with Gasteiger partial charge in [0.25, 0.3) is 5.91 Å². The molecule has 0 saturated heterocycles. The highest BCUT2D eigenvalue weighted by Gasteiger charge is 2.17. The maximum absolute atomic E-state index is 12.0. The smallest absolute Gasteiger partial charge is 0.314 e. The second-order valence-electron chi connectivity index (χ2n) is 4.93. The molecule has 2 N–H and O–H groups in total. The van der Waals surface area contributed by atoms with Crippen LogP contribution in [0.2, 0.25) is 0 Å². The fraction of sp³-hybridized carbons (Fsp3) is 0.375. The van der Waals surface area contributed by atoms with Gasteiger partial charge in [0.1, 0.15) is 0 Å². The van der Waals surface area contributed by atoms with Crippen LogP contribution in [0, 0.1) is 5.92 Å². The Balaban J connectivity index is 2.66. The Morgan fingerprint density at radius 3 is 2.30 bits per heavy atom. The molecule has 7 nitrogen and oxygen atoms in total. The predicted octanol–water partition coefficient (Wildman–Crippen LogP) is 1.95. The Labute approximate surface area is 135 Å². The van der Waals surface area contributed by atoms with Crippen LogP contribution in [0.3, 0.4) is 0 Å². The van der Waals surface area contributed by atoms with Crippen LogP contribution < -0.4 is 10.7 Å². The van der Waals surface area contributed by atoms with Gasteiger partial charge >= 0.3 is 5.97 Å². The third kappa shape index (κ3) is 5.90. The highest BCUT2D eigenvalue weighted by atomic mass is 16.5. The predicted molar refractivity (Wildman–Crippen MR) is 87.1 cm³/mol. The van der Waals surface area contributed by atoms with Gasteiger partial charge < -0.3 is 10.1 Å². The van der Waals surface area contributed by atoms with Gasteiger partial charge in [0, 0.05) is 23.9 Å². The normalized spacial score (nSPS) is 12.3. The van der Waals surface area contributed by atoms with Crippen molar-refractivity contribution in [2.75, 3.05) is 11.9 Å². The molecule has 124 valence electrons. The summed E-state index contributed by atoms with van der Waals surface area (Å²) < 4.78 is 4.89. The summed E-state index contributed by atoms with van der Waals surface area (Å²) in [5.41, 5.74) is 3.83. The van der Waals surface area contributed by atoms with Crippen molar-refractivity contribution in [3.8, 4) is 0 Å². The van der Waals surface area contributed by atoms with E-state index < -0.39 is 11.8 Å². The first-order valence-corrected chi connectivity index (χ1v) is 7.24. The summed E-state index contributed by atoms with van der Waals surface area (Å²) in [4.78, 5) is 34.5. The molecule has 0 aliphatic heterocycles. The minimum Gasteiger partial charge on any atom is -0.465 e. The van der Waals surface area contributed by atoms with E-state index in [0.29, 0.717) is 23.6 Å². The molecule has 1 atom stereocenters. The molecule has 1 aromatic carbocycles. The molecule has 2 amide bonds. The lowest BCUT2D eigenvalue weighted by Crippen LogP contribution is -2.25. The highest BCUT2D eigenvalue weighted by Crippen LogP contribution is 2.09. The van der Waals surface area contributed by atoms with E-state index in [1.165, 1.54) is 6.92 Å². The molecule has 0 fully saturated rings. The zero-order valence-electron chi connectivity index (χ0n) is 13.7. The molecule has 1 rings (SSSR count). The number of nitrogens with zero attached hydrogens (tertiary/aromatic N) is 1. The molecule has 23 heavy (non-hydrogen) atoms. The van der Waals surface area contributed by atoms with Crippen LogP contribution in [0.5, 0.6) is 0 Å². The third-order valence-electron chi connectivity index (χ3n) is 3.07. The number of carbonyl (C=O) groups excluding carboxylic acids is 3. The van der Waals surface area contributed by atoms with E-state index in [-0.39, 0.29) is 11.9 Å². The van der Waals surface area contributed by atoms with Crippen LogP contribution in [0.4, 0.5) is 5.69 Å². The monoisotopic (exact) mass is 319 g/mol. The average molecular weight is 319 g/mol.